The second kappa shape index (κ2) is 3.96. The molecule has 3 nitrogen and oxygen atoms in total. The fraction of sp³-hybridized carbons (Fsp3) is 0.154. The molecule has 0 aliphatic rings. The van der Waals surface area contributed by atoms with Crippen LogP contribution in [0.4, 0.5) is 0 Å². The summed E-state index contributed by atoms with van der Waals surface area (Å²) < 4.78 is 3.76. The fourth-order valence-corrected chi connectivity index (χ4v) is 2.25. The van der Waals surface area contributed by atoms with Crippen molar-refractivity contribution < 1.29 is 0 Å². The summed E-state index contributed by atoms with van der Waals surface area (Å²) in [6.07, 6.45) is 3.95. The van der Waals surface area contributed by atoms with Crippen molar-refractivity contribution in [2.24, 2.45) is 0 Å². The summed E-state index contributed by atoms with van der Waals surface area (Å²) in [6, 6.07) is 10.5. The first-order chi connectivity index (χ1) is 8.28. The molecule has 0 unspecified atom stereocenters. The van der Waals surface area contributed by atoms with Gasteiger partial charge in [-0.1, -0.05) is 12.1 Å². The van der Waals surface area contributed by atoms with Crippen LogP contribution in [0.5, 0.6) is 0 Å². The van der Waals surface area contributed by atoms with Crippen molar-refractivity contribution in [3.63, 3.8) is 0 Å². The van der Waals surface area contributed by atoms with Crippen LogP contribution in [-0.2, 0) is 6.54 Å². The SMILES string of the molecule is CCn1ccc2ccc(-c3ccn(S)n3)cc21. The van der Waals surface area contributed by atoms with Crippen molar-refractivity contribution in [3.05, 3.63) is 42.7 Å². The van der Waals surface area contributed by atoms with Gasteiger partial charge < -0.3 is 4.57 Å². The molecule has 3 rings (SSSR count). The van der Waals surface area contributed by atoms with Crippen molar-refractivity contribution in [3.8, 4) is 11.3 Å². The van der Waals surface area contributed by atoms with Gasteiger partial charge in [-0.15, -0.1) is 0 Å². The first-order valence-electron chi connectivity index (χ1n) is 5.62. The zero-order chi connectivity index (χ0) is 11.8. The van der Waals surface area contributed by atoms with Crippen LogP contribution in [-0.4, -0.2) is 13.8 Å². The molecular formula is C13H13N3S. The summed E-state index contributed by atoms with van der Waals surface area (Å²) in [7, 11) is 0. The fourth-order valence-electron chi connectivity index (χ4n) is 2.09. The molecule has 0 atom stereocenters. The van der Waals surface area contributed by atoms with Gasteiger partial charge in [0.2, 0.25) is 0 Å². The second-order valence-corrected chi connectivity index (χ2v) is 4.41. The van der Waals surface area contributed by atoms with E-state index in [-0.39, 0.29) is 0 Å². The number of benzene rings is 1. The molecule has 0 N–H and O–H groups in total. The highest BCUT2D eigenvalue weighted by Crippen LogP contribution is 2.24. The van der Waals surface area contributed by atoms with Crippen LogP contribution in [0, 0.1) is 0 Å². The summed E-state index contributed by atoms with van der Waals surface area (Å²) in [4.78, 5) is 0. The van der Waals surface area contributed by atoms with Gasteiger partial charge in [0.1, 0.15) is 0 Å². The predicted octanol–water partition coefficient (Wildman–Crippen LogP) is 3.22. The molecule has 0 saturated carbocycles. The smallest absolute Gasteiger partial charge is 0.0934 e. The molecule has 0 spiro atoms. The summed E-state index contributed by atoms with van der Waals surface area (Å²) in [6.45, 7) is 3.13. The topological polar surface area (TPSA) is 22.8 Å². The van der Waals surface area contributed by atoms with Crippen LogP contribution in [0.2, 0.25) is 0 Å². The summed E-state index contributed by atoms with van der Waals surface area (Å²) in [5.74, 6) is 0. The third kappa shape index (κ3) is 1.74. The van der Waals surface area contributed by atoms with Gasteiger partial charge in [-0.05, 0) is 43.3 Å². The number of rotatable bonds is 2. The Morgan fingerprint density at radius 3 is 2.76 bits per heavy atom. The number of aromatic nitrogens is 3. The molecule has 0 aliphatic heterocycles. The number of fused-ring (bicyclic) bond motifs is 1. The highest BCUT2D eigenvalue weighted by molar-refractivity contribution is 7.78. The van der Waals surface area contributed by atoms with Gasteiger partial charge in [0.15, 0.2) is 0 Å². The Balaban J connectivity index is 2.18. The predicted molar refractivity (Wildman–Crippen MR) is 73.2 cm³/mol. The summed E-state index contributed by atoms with van der Waals surface area (Å²) >= 11 is 4.16. The number of hydrogen-bond acceptors (Lipinski definition) is 2. The molecule has 1 aromatic carbocycles. The molecule has 0 radical (unpaired) electrons. The molecule has 0 fully saturated rings. The van der Waals surface area contributed by atoms with Crippen LogP contribution in [0.25, 0.3) is 22.2 Å². The Bertz CT molecular complexity index is 666. The minimum atomic E-state index is 0.950. The molecule has 17 heavy (non-hydrogen) atoms. The standard InChI is InChI=1S/C13H13N3S/c1-2-15-7-5-10-3-4-11(9-13(10)15)12-6-8-16(17)14-12/h3-9,17H,2H2,1H3. The Kier molecular flexibility index (Phi) is 2.44. The minimum absolute atomic E-state index is 0.950. The Morgan fingerprint density at radius 2 is 2.06 bits per heavy atom. The van der Waals surface area contributed by atoms with Crippen LogP contribution in [0.15, 0.2) is 42.7 Å². The van der Waals surface area contributed by atoms with Gasteiger partial charge in [0, 0.05) is 30.0 Å². The average Bonchev–Trinajstić information content (AvgIpc) is 2.94. The van der Waals surface area contributed by atoms with Gasteiger partial charge in [0.25, 0.3) is 0 Å². The van der Waals surface area contributed by atoms with Crippen molar-refractivity contribution in [1.29, 1.82) is 0 Å². The lowest BCUT2D eigenvalue weighted by molar-refractivity contribution is 0.798. The van der Waals surface area contributed by atoms with Gasteiger partial charge in [-0.25, -0.2) is 4.09 Å². The third-order valence-electron chi connectivity index (χ3n) is 2.99. The lowest BCUT2D eigenvalue weighted by Gasteiger charge is -2.02. The number of thiol groups is 1. The van der Waals surface area contributed by atoms with Crippen molar-refractivity contribution in [2.45, 2.75) is 13.5 Å². The van der Waals surface area contributed by atoms with Crippen molar-refractivity contribution in [1.82, 2.24) is 13.8 Å². The van der Waals surface area contributed by atoms with E-state index < -0.39 is 0 Å². The van der Waals surface area contributed by atoms with E-state index in [0.29, 0.717) is 0 Å². The van der Waals surface area contributed by atoms with E-state index in [9.17, 15) is 0 Å². The maximum absolute atomic E-state index is 4.30. The van der Waals surface area contributed by atoms with Crippen LogP contribution in [0.3, 0.4) is 0 Å². The highest BCUT2D eigenvalue weighted by Gasteiger charge is 2.05. The van der Waals surface area contributed by atoms with Gasteiger partial charge in [0.05, 0.1) is 5.69 Å². The maximum Gasteiger partial charge on any atom is 0.0934 e. The molecule has 86 valence electrons. The number of nitrogens with zero attached hydrogens (tertiary/aromatic N) is 3. The van der Waals surface area contributed by atoms with Crippen molar-refractivity contribution >= 4 is 23.7 Å². The van der Waals surface area contributed by atoms with Crippen LogP contribution >= 0.6 is 12.8 Å². The van der Waals surface area contributed by atoms with Gasteiger partial charge >= 0.3 is 0 Å². The Morgan fingerprint density at radius 1 is 1.18 bits per heavy atom. The molecule has 0 aliphatic carbocycles. The van der Waals surface area contributed by atoms with E-state index in [0.717, 1.165) is 17.8 Å². The Hall–Kier alpha value is -1.68. The molecule has 0 bridgehead atoms. The number of aryl methyl sites for hydroxylation is 1. The maximum atomic E-state index is 4.30. The third-order valence-corrected chi connectivity index (χ3v) is 3.21. The van der Waals surface area contributed by atoms with Gasteiger partial charge in [-0.3, -0.25) is 0 Å². The first-order valence-corrected chi connectivity index (χ1v) is 6.02. The molecule has 0 amide bonds. The lowest BCUT2D eigenvalue weighted by atomic mass is 10.1. The number of hydrogen-bond donors (Lipinski definition) is 1. The van der Waals surface area contributed by atoms with Crippen LogP contribution in [0.1, 0.15) is 6.92 Å². The zero-order valence-corrected chi connectivity index (χ0v) is 10.4. The monoisotopic (exact) mass is 243 g/mol. The minimum Gasteiger partial charge on any atom is -0.348 e. The molecule has 2 aromatic heterocycles. The summed E-state index contributed by atoms with van der Waals surface area (Å²) in [5, 5.41) is 5.56. The highest BCUT2D eigenvalue weighted by atomic mass is 32.1. The van der Waals surface area contributed by atoms with Crippen molar-refractivity contribution in [2.75, 3.05) is 0 Å². The largest absolute Gasteiger partial charge is 0.348 e. The van der Waals surface area contributed by atoms with E-state index in [1.165, 1.54) is 15.0 Å². The quantitative estimate of drug-likeness (QED) is 0.686. The van der Waals surface area contributed by atoms with E-state index in [4.69, 9.17) is 0 Å². The molecule has 0 saturated heterocycles. The second-order valence-electron chi connectivity index (χ2n) is 4.00. The first kappa shape index (κ1) is 10.5. The molecule has 4 heteroatoms. The zero-order valence-electron chi connectivity index (χ0n) is 9.54. The average molecular weight is 243 g/mol. The molecule has 2 heterocycles. The van der Waals surface area contributed by atoms with Crippen LogP contribution < -0.4 is 0 Å². The summed E-state index contributed by atoms with van der Waals surface area (Å²) in [5.41, 5.74) is 3.32. The lowest BCUT2D eigenvalue weighted by Crippen LogP contribution is -1.91. The van der Waals surface area contributed by atoms with Gasteiger partial charge in [-0.2, -0.15) is 5.10 Å². The van der Waals surface area contributed by atoms with E-state index in [2.05, 4.69) is 59.9 Å². The molecule has 3 aromatic rings. The van der Waals surface area contributed by atoms with E-state index >= 15 is 0 Å². The van der Waals surface area contributed by atoms with E-state index in [1.807, 2.05) is 12.3 Å². The molecular weight excluding hydrogens is 230 g/mol. The Labute approximate surface area is 105 Å². The van der Waals surface area contributed by atoms with E-state index in [1.54, 1.807) is 0 Å². The normalized spacial score (nSPS) is 11.2.